The van der Waals surface area contributed by atoms with Gasteiger partial charge in [0.15, 0.2) is 0 Å². The molecule has 2 rings (SSSR count). The van der Waals surface area contributed by atoms with E-state index in [-0.39, 0.29) is 16.9 Å². The van der Waals surface area contributed by atoms with Gasteiger partial charge in [-0.25, -0.2) is 4.39 Å². The van der Waals surface area contributed by atoms with E-state index >= 15 is 0 Å². The van der Waals surface area contributed by atoms with Crippen molar-refractivity contribution in [1.29, 1.82) is 0 Å². The van der Waals surface area contributed by atoms with Gasteiger partial charge in [-0.1, -0.05) is 23.7 Å². The number of ether oxygens (including phenoxy) is 1. The second kappa shape index (κ2) is 5.32. The van der Waals surface area contributed by atoms with Crippen molar-refractivity contribution in [2.24, 2.45) is 0 Å². The van der Waals surface area contributed by atoms with E-state index in [1.54, 1.807) is 0 Å². The zero-order valence-electron chi connectivity index (χ0n) is 10.3. The highest BCUT2D eigenvalue weighted by atomic mass is 35.5. The second-order valence-corrected chi connectivity index (χ2v) is 4.45. The zero-order chi connectivity index (χ0) is 14.9. The van der Waals surface area contributed by atoms with Gasteiger partial charge in [0, 0.05) is 16.1 Å². The van der Waals surface area contributed by atoms with Gasteiger partial charge < -0.3 is 4.74 Å². The van der Waals surface area contributed by atoms with Crippen LogP contribution in [0.1, 0.15) is 5.56 Å². The average molecular weight is 305 g/mol. The summed E-state index contributed by atoms with van der Waals surface area (Å²) in [5, 5.41) is 0.345. The van der Waals surface area contributed by atoms with Gasteiger partial charge in [-0.05, 0) is 24.3 Å². The van der Waals surface area contributed by atoms with Gasteiger partial charge in [-0.2, -0.15) is 13.2 Å². The smallest absolute Gasteiger partial charge is 0.419 e. The largest absolute Gasteiger partial charge is 0.496 e. The van der Waals surface area contributed by atoms with Crippen molar-refractivity contribution in [3.05, 3.63) is 52.8 Å². The van der Waals surface area contributed by atoms with E-state index in [1.165, 1.54) is 31.4 Å². The molecule has 0 aliphatic rings. The molecule has 1 nitrogen and oxygen atoms in total. The lowest BCUT2D eigenvalue weighted by Gasteiger charge is -2.13. The van der Waals surface area contributed by atoms with Crippen LogP contribution in [0.25, 0.3) is 11.1 Å². The third-order valence-electron chi connectivity index (χ3n) is 2.76. The van der Waals surface area contributed by atoms with Gasteiger partial charge >= 0.3 is 6.18 Å². The molecule has 20 heavy (non-hydrogen) atoms. The van der Waals surface area contributed by atoms with E-state index in [4.69, 9.17) is 16.3 Å². The van der Waals surface area contributed by atoms with Crippen molar-refractivity contribution in [3.8, 4) is 16.9 Å². The fourth-order valence-corrected chi connectivity index (χ4v) is 2.01. The number of rotatable bonds is 2. The Morgan fingerprint density at radius 3 is 2.35 bits per heavy atom. The Morgan fingerprint density at radius 1 is 1.05 bits per heavy atom. The first kappa shape index (κ1) is 14.7. The predicted octanol–water partition coefficient (Wildman–Crippen LogP) is 5.17. The molecule has 0 saturated carbocycles. The molecule has 2 aromatic rings. The summed E-state index contributed by atoms with van der Waals surface area (Å²) in [6, 6.07) is 7.39. The van der Waals surface area contributed by atoms with E-state index in [1.807, 2.05) is 0 Å². The molecule has 0 amide bonds. The fraction of sp³-hybridized carbons (Fsp3) is 0.143. The van der Waals surface area contributed by atoms with E-state index in [2.05, 4.69) is 0 Å². The number of methoxy groups -OCH3 is 1. The van der Waals surface area contributed by atoms with E-state index in [0.29, 0.717) is 11.1 Å². The molecule has 0 saturated heterocycles. The Kier molecular flexibility index (Phi) is 3.90. The highest BCUT2D eigenvalue weighted by Crippen LogP contribution is 2.39. The highest BCUT2D eigenvalue weighted by Gasteiger charge is 2.35. The Balaban J connectivity index is 2.65. The molecule has 0 bridgehead atoms. The summed E-state index contributed by atoms with van der Waals surface area (Å²) >= 11 is 5.77. The standard InChI is InChI=1S/C14H9ClF4O/c1-20-12-7-8(15)5-6-9(12)10-3-2-4-11(13(10)16)14(17,18)19/h2-7H,1H3. The lowest BCUT2D eigenvalue weighted by atomic mass is 10.0. The van der Waals surface area contributed by atoms with Crippen LogP contribution in [0.5, 0.6) is 5.75 Å². The lowest BCUT2D eigenvalue weighted by Crippen LogP contribution is -2.08. The average Bonchev–Trinajstić information content (AvgIpc) is 2.38. The van der Waals surface area contributed by atoms with Crippen molar-refractivity contribution in [3.63, 3.8) is 0 Å². The first-order chi connectivity index (χ1) is 9.34. The maximum atomic E-state index is 14.1. The Morgan fingerprint density at radius 2 is 1.75 bits per heavy atom. The first-order valence-corrected chi connectivity index (χ1v) is 5.92. The molecule has 0 heterocycles. The highest BCUT2D eigenvalue weighted by molar-refractivity contribution is 6.30. The van der Waals surface area contributed by atoms with Crippen LogP contribution in [0.3, 0.4) is 0 Å². The topological polar surface area (TPSA) is 9.23 Å². The summed E-state index contributed by atoms with van der Waals surface area (Å²) in [6.07, 6.45) is -4.75. The molecular weight excluding hydrogens is 296 g/mol. The van der Waals surface area contributed by atoms with Gasteiger partial charge in [0.1, 0.15) is 11.6 Å². The molecular formula is C14H9ClF4O. The molecule has 0 fully saturated rings. The van der Waals surface area contributed by atoms with Gasteiger partial charge in [0.25, 0.3) is 0 Å². The van der Waals surface area contributed by atoms with Crippen LogP contribution in [0, 0.1) is 5.82 Å². The third kappa shape index (κ3) is 2.72. The van der Waals surface area contributed by atoms with Crippen molar-refractivity contribution >= 4 is 11.6 Å². The molecule has 0 spiro atoms. The summed E-state index contributed by atoms with van der Waals surface area (Å²) in [5.74, 6) is -1.13. The monoisotopic (exact) mass is 304 g/mol. The number of hydrogen-bond donors (Lipinski definition) is 0. The van der Waals surface area contributed by atoms with Gasteiger partial charge in [0.05, 0.1) is 12.7 Å². The Bertz CT molecular complexity index is 638. The van der Waals surface area contributed by atoms with Gasteiger partial charge in [-0.3, -0.25) is 0 Å². The fourth-order valence-electron chi connectivity index (χ4n) is 1.85. The molecule has 0 unspecified atom stereocenters. The number of halogens is 5. The summed E-state index contributed by atoms with van der Waals surface area (Å²) in [6.45, 7) is 0. The second-order valence-electron chi connectivity index (χ2n) is 4.01. The first-order valence-electron chi connectivity index (χ1n) is 5.54. The molecule has 0 radical (unpaired) electrons. The van der Waals surface area contributed by atoms with Crippen LogP contribution < -0.4 is 4.74 Å². The van der Waals surface area contributed by atoms with Crippen LogP contribution >= 0.6 is 11.6 Å². The molecule has 2 aromatic carbocycles. The maximum Gasteiger partial charge on any atom is 0.419 e. The van der Waals surface area contributed by atoms with E-state index < -0.39 is 17.6 Å². The third-order valence-corrected chi connectivity index (χ3v) is 2.99. The number of alkyl halides is 3. The quantitative estimate of drug-likeness (QED) is 0.695. The minimum absolute atomic E-state index is 0.187. The van der Waals surface area contributed by atoms with Gasteiger partial charge in [-0.15, -0.1) is 0 Å². The summed E-state index contributed by atoms with van der Waals surface area (Å²) in [5.41, 5.74) is -1.29. The predicted molar refractivity (Wildman–Crippen MR) is 68.4 cm³/mol. The van der Waals surface area contributed by atoms with E-state index in [9.17, 15) is 17.6 Å². The molecule has 0 aliphatic heterocycles. The van der Waals surface area contributed by atoms with Crippen LogP contribution in [-0.4, -0.2) is 7.11 Å². The maximum absolute atomic E-state index is 14.1. The molecule has 0 aromatic heterocycles. The molecule has 0 atom stereocenters. The van der Waals surface area contributed by atoms with Gasteiger partial charge in [0.2, 0.25) is 0 Å². The molecule has 6 heteroatoms. The SMILES string of the molecule is COc1cc(Cl)ccc1-c1cccc(C(F)(F)F)c1F. The number of hydrogen-bond acceptors (Lipinski definition) is 1. The van der Waals surface area contributed by atoms with Crippen LogP contribution in [0.2, 0.25) is 5.02 Å². The van der Waals surface area contributed by atoms with Crippen LogP contribution in [0.15, 0.2) is 36.4 Å². The van der Waals surface area contributed by atoms with Crippen LogP contribution in [-0.2, 0) is 6.18 Å². The summed E-state index contributed by atoms with van der Waals surface area (Å²) < 4.78 is 57.2. The van der Waals surface area contributed by atoms with E-state index in [0.717, 1.165) is 6.07 Å². The minimum Gasteiger partial charge on any atom is -0.496 e. The normalized spacial score (nSPS) is 11.5. The Hall–Kier alpha value is -1.75. The molecule has 0 aliphatic carbocycles. The molecule has 106 valence electrons. The zero-order valence-corrected chi connectivity index (χ0v) is 11.0. The lowest BCUT2D eigenvalue weighted by molar-refractivity contribution is -0.139. The number of benzene rings is 2. The Labute approximate surface area is 117 Å². The minimum atomic E-state index is -4.75. The summed E-state index contributed by atoms with van der Waals surface area (Å²) in [7, 11) is 1.33. The van der Waals surface area contributed by atoms with Crippen molar-refractivity contribution in [2.45, 2.75) is 6.18 Å². The van der Waals surface area contributed by atoms with Crippen molar-refractivity contribution < 1.29 is 22.3 Å². The van der Waals surface area contributed by atoms with Crippen molar-refractivity contribution in [1.82, 2.24) is 0 Å². The van der Waals surface area contributed by atoms with Crippen LogP contribution in [0.4, 0.5) is 17.6 Å². The summed E-state index contributed by atoms with van der Waals surface area (Å²) in [4.78, 5) is 0. The van der Waals surface area contributed by atoms with Crippen molar-refractivity contribution in [2.75, 3.05) is 7.11 Å². The molecule has 0 N–H and O–H groups in total.